The zero-order valence-electron chi connectivity index (χ0n) is 16.6. The lowest BCUT2D eigenvalue weighted by molar-refractivity contribution is -0.274. The van der Waals surface area contributed by atoms with Gasteiger partial charge in [0.15, 0.2) is 0 Å². The number of halogens is 3. The summed E-state index contributed by atoms with van der Waals surface area (Å²) < 4.78 is 40.8. The number of rotatable bonds is 5. The zero-order chi connectivity index (χ0) is 20.0. The highest BCUT2D eigenvalue weighted by Crippen LogP contribution is 2.38. The molecule has 2 saturated carbocycles. The van der Waals surface area contributed by atoms with Crippen LogP contribution in [0.1, 0.15) is 72.6 Å². The van der Waals surface area contributed by atoms with E-state index in [2.05, 4.69) is 36.0 Å². The lowest BCUT2D eigenvalue weighted by atomic mass is 9.77. The van der Waals surface area contributed by atoms with Gasteiger partial charge in [0, 0.05) is 2.85 Å². The normalized spacial score (nSPS) is 29.4. The maximum Gasteiger partial charge on any atom is 0.573 e. The van der Waals surface area contributed by atoms with Gasteiger partial charge in [0.2, 0.25) is 0 Å². The molecule has 0 bridgehead atoms. The van der Waals surface area contributed by atoms with Crippen molar-refractivity contribution in [2.75, 3.05) is 0 Å². The summed E-state index contributed by atoms with van der Waals surface area (Å²) in [6.45, 7) is 2.10. The van der Waals surface area contributed by atoms with Gasteiger partial charge in [0.05, 0.1) is 0 Å². The SMILES string of the molecule is C/C=C/C1CCC(/C=C/C2CCC(c3ccc(OC(F)(F)F)cc3)CC2)CC1.[HH].[HH]. The number of benzene rings is 1. The van der Waals surface area contributed by atoms with Crippen LogP contribution in [0.4, 0.5) is 13.2 Å². The molecule has 4 heteroatoms. The van der Waals surface area contributed by atoms with Crippen molar-refractivity contribution in [1.29, 1.82) is 0 Å². The van der Waals surface area contributed by atoms with Crippen molar-refractivity contribution >= 4 is 0 Å². The van der Waals surface area contributed by atoms with Crippen LogP contribution in [0.3, 0.4) is 0 Å². The molecule has 0 saturated heterocycles. The number of hydrogen-bond acceptors (Lipinski definition) is 1. The molecule has 0 atom stereocenters. The summed E-state index contributed by atoms with van der Waals surface area (Å²) in [6.07, 6.45) is 14.5. The third-order valence-corrected chi connectivity index (χ3v) is 6.29. The Hall–Kier alpha value is -1.71. The Labute approximate surface area is 169 Å². The van der Waals surface area contributed by atoms with Gasteiger partial charge in [-0.3, -0.25) is 0 Å². The summed E-state index contributed by atoms with van der Waals surface area (Å²) in [4.78, 5) is 0. The third-order valence-electron chi connectivity index (χ3n) is 6.29. The molecule has 1 nitrogen and oxygen atoms in total. The molecule has 1 aromatic rings. The van der Waals surface area contributed by atoms with Crippen molar-refractivity contribution < 1.29 is 20.8 Å². The molecule has 2 fully saturated rings. The molecule has 28 heavy (non-hydrogen) atoms. The van der Waals surface area contributed by atoms with Crippen LogP contribution >= 0.6 is 0 Å². The van der Waals surface area contributed by atoms with Gasteiger partial charge < -0.3 is 4.74 Å². The molecule has 2 aliphatic carbocycles. The van der Waals surface area contributed by atoms with Crippen LogP contribution in [0.2, 0.25) is 0 Å². The molecule has 0 radical (unpaired) electrons. The van der Waals surface area contributed by atoms with Gasteiger partial charge in [0.25, 0.3) is 0 Å². The summed E-state index contributed by atoms with van der Waals surface area (Å²) in [5.74, 6) is 2.47. The van der Waals surface area contributed by atoms with Crippen LogP contribution in [-0.2, 0) is 0 Å². The van der Waals surface area contributed by atoms with Gasteiger partial charge in [-0.25, -0.2) is 0 Å². The van der Waals surface area contributed by atoms with Crippen LogP contribution in [0.5, 0.6) is 5.75 Å². The summed E-state index contributed by atoms with van der Waals surface area (Å²) in [7, 11) is 0. The van der Waals surface area contributed by atoms with Crippen molar-refractivity contribution in [3.8, 4) is 5.75 Å². The van der Waals surface area contributed by atoms with E-state index in [0.29, 0.717) is 11.8 Å². The predicted molar refractivity (Wildman–Crippen MR) is 111 cm³/mol. The molecule has 0 heterocycles. The Morgan fingerprint density at radius 3 is 1.71 bits per heavy atom. The van der Waals surface area contributed by atoms with Crippen LogP contribution in [0, 0.1) is 17.8 Å². The van der Waals surface area contributed by atoms with E-state index in [1.165, 1.54) is 37.8 Å². The first-order valence-corrected chi connectivity index (χ1v) is 10.6. The quantitative estimate of drug-likeness (QED) is 0.455. The summed E-state index contributed by atoms with van der Waals surface area (Å²) in [5.41, 5.74) is 1.12. The lowest BCUT2D eigenvalue weighted by Gasteiger charge is -2.28. The molecular weight excluding hydrogens is 361 g/mol. The fourth-order valence-corrected chi connectivity index (χ4v) is 4.70. The van der Waals surface area contributed by atoms with E-state index in [1.807, 2.05) is 0 Å². The first-order chi connectivity index (χ1) is 13.4. The molecule has 2 aliphatic rings. The van der Waals surface area contributed by atoms with Gasteiger partial charge in [-0.2, -0.15) is 0 Å². The molecule has 0 aliphatic heterocycles. The lowest BCUT2D eigenvalue weighted by Crippen LogP contribution is -2.17. The topological polar surface area (TPSA) is 9.23 Å². The van der Waals surface area contributed by atoms with E-state index in [1.54, 1.807) is 12.1 Å². The maximum absolute atomic E-state index is 12.3. The highest BCUT2D eigenvalue weighted by Gasteiger charge is 2.31. The Morgan fingerprint density at radius 2 is 1.25 bits per heavy atom. The Bertz CT molecular complexity index is 654. The van der Waals surface area contributed by atoms with Crippen LogP contribution in [-0.4, -0.2) is 6.36 Å². The van der Waals surface area contributed by atoms with Crippen LogP contribution in [0.25, 0.3) is 0 Å². The average molecular weight is 397 g/mol. The minimum absolute atomic E-state index is 0. The van der Waals surface area contributed by atoms with Crippen molar-refractivity contribution in [1.82, 2.24) is 0 Å². The van der Waals surface area contributed by atoms with E-state index in [9.17, 15) is 13.2 Å². The highest BCUT2D eigenvalue weighted by molar-refractivity contribution is 5.30. The predicted octanol–water partition coefficient (Wildman–Crippen LogP) is 8.29. The van der Waals surface area contributed by atoms with E-state index in [0.717, 1.165) is 43.1 Å². The third kappa shape index (κ3) is 6.42. The molecule has 0 unspecified atom stereocenters. The maximum atomic E-state index is 12.3. The highest BCUT2D eigenvalue weighted by atomic mass is 19.4. The molecule has 0 amide bonds. The van der Waals surface area contributed by atoms with Gasteiger partial charge in [-0.15, -0.1) is 13.2 Å². The van der Waals surface area contributed by atoms with Gasteiger partial charge in [-0.1, -0.05) is 36.4 Å². The minimum atomic E-state index is -4.63. The summed E-state index contributed by atoms with van der Waals surface area (Å²) in [5, 5.41) is 0. The van der Waals surface area contributed by atoms with Crippen molar-refractivity contribution in [3.05, 3.63) is 54.1 Å². The standard InChI is InChI=1S/C24H31F3O.2H2/c1-2-3-18-4-6-19(7-5-18)8-9-20-10-12-21(13-11-20)22-14-16-23(17-15-22)28-24(25,26)27;;/h2-3,8-9,14-21H,4-7,10-13H2,1H3;2*1H/b3-2+,9-8+;;. The second kappa shape index (κ2) is 9.67. The number of ether oxygens (including phenoxy) is 1. The van der Waals surface area contributed by atoms with Crippen molar-refractivity contribution in [2.45, 2.75) is 70.6 Å². The Morgan fingerprint density at radius 1 is 0.786 bits per heavy atom. The average Bonchev–Trinajstić information content (AvgIpc) is 2.68. The van der Waals surface area contributed by atoms with Gasteiger partial charge in [-0.05, 0) is 99.7 Å². The van der Waals surface area contributed by atoms with E-state index in [4.69, 9.17) is 0 Å². The molecular formula is C24H35F3O. The smallest absolute Gasteiger partial charge is 0.406 e. The Kier molecular flexibility index (Phi) is 7.25. The second-order valence-corrected chi connectivity index (χ2v) is 8.31. The van der Waals surface area contributed by atoms with Crippen LogP contribution < -0.4 is 4.74 Å². The zero-order valence-corrected chi connectivity index (χ0v) is 16.6. The molecule has 0 aromatic heterocycles. The molecule has 0 N–H and O–H groups in total. The molecule has 3 rings (SSSR count). The van der Waals surface area contributed by atoms with E-state index < -0.39 is 6.36 Å². The monoisotopic (exact) mass is 396 g/mol. The van der Waals surface area contributed by atoms with E-state index >= 15 is 0 Å². The first kappa shape index (κ1) is 21.0. The number of allylic oxidation sites excluding steroid dienone is 4. The molecule has 158 valence electrons. The molecule has 0 spiro atoms. The van der Waals surface area contributed by atoms with Crippen molar-refractivity contribution in [2.24, 2.45) is 17.8 Å². The van der Waals surface area contributed by atoms with Gasteiger partial charge >= 0.3 is 6.36 Å². The summed E-state index contributed by atoms with van der Waals surface area (Å²) in [6, 6.07) is 6.42. The minimum Gasteiger partial charge on any atom is -0.406 e. The largest absolute Gasteiger partial charge is 0.573 e. The molecule has 1 aromatic carbocycles. The van der Waals surface area contributed by atoms with Gasteiger partial charge in [0.1, 0.15) is 5.75 Å². The Balaban J connectivity index is 0.00000225. The number of hydrogen-bond donors (Lipinski definition) is 0. The van der Waals surface area contributed by atoms with E-state index in [-0.39, 0.29) is 8.60 Å². The summed E-state index contributed by atoms with van der Waals surface area (Å²) >= 11 is 0. The fraction of sp³-hybridized carbons (Fsp3) is 0.583. The first-order valence-electron chi connectivity index (χ1n) is 10.6. The van der Waals surface area contributed by atoms with Crippen molar-refractivity contribution in [3.63, 3.8) is 0 Å². The van der Waals surface area contributed by atoms with Crippen LogP contribution in [0.15, 0.2) is 48.6 Å². The fourth-order valence-electron chi connectivity index (χ4n) is 4.70. The second-order valence-electron chi connectivity index (χ2n) is 8.31. The number of alkyl halides is 3.